The molecule has 0 amide bonds. The van der Waals surface area contributed by atoms with Crippen molar-refractivity contribution in [3.05, 3.63) is 0 Å². The maximum absolute atomic E-state index is 9.40. The van der Waals surface area contributed by atoms with Crippen LogP contribution in [0.3, 0.4) is 0 Å². The Hall–Kier alpha value is 0.150. The molecule has 0 aromatic rings. The van der Waals surface area contributed by atoms with Crippen LogP contribution in [-0.2, 0) is 0 Å². The van der Waals surface area contributed by atoms with Crippen LogP contribution in [0.4, 0.5) is 0 Å². The normalized spacial score (nSPS) is 14.8. The highest BCUT2D eigenvalue weighted by atomic mass is 32.2. The average Bonchev–Trinajstić information content (AvgIpc) is 2.56. The van der Waals surface area contributed by atoms with Crippen LogP contribution in [0.1, 0.15) is 91.4 Å². The fourth-order valence-corrected chi connectivity index (χ4v) is 5.70. The number of unbranched alkanes of at least 4 members (excludes halogenated alkanes) is 6. The van der Waals surface area contributed by atoms with E-state index in [-0.39, 0.29) is 4.75 Å². The minimum atomic E-state index is -0.326. The zero-order chi connectivity index (χ0) is 18.3. The summed E-state index contributed by atoms with van der Waals surface area (Å²) in [4.78, 5) is 0. The molecule has 0 aliphatic heterocycles. The maximum Gasteiger partial charge on any atom is 0.105 e. The van der Waals surface area contributed by atoms with Gasteiger partial charge in [-0.15, -0.1) is 0 Å². The molecule has 0 aliphatic carbocycles. The second kappa shape index (κ2) is 15.4. The summed E-state index contributed by atoms with van der Waals surface area (Å²) in [7, 11) is 0.380. The van der Waals surface area contributed by atoms with E-state index in [9.17, 15) is 5.26 Å². The zero-order valence-electron chi connectivity index (χ0n) is 16.1. The van der Waals surface area contributed by atoms with Crippen molar-refractivity contribution < 1.29 is 0 Å². The molecular weight excluding hydrogens is 350 g/mol. The van der Waals surface area contributed by atoms with Gasteiger partial charge in [0.25, 0.3) is 0 Å². The number of nitrogens with zero attached hydrogens (tertiary/aromatic N) is 1. The van der Waals surface area contributed by atoms with Crippen LogP contribution in [0.5, 0.6) is 0 Å². The molecule has 0 fully saturated rings. The Morgan fingerprint density at radius 1 is 1.04 bits per heavy atom. The van der Waals surface area contributed by atoms with Crippen LogP contribution in [0, 0.1) is 11.3 Å². The minimum Gasteiger partial charge on any atom is -0.197 e. The molecule has 24 heavy (non-hydrogen) atoms. The summed E-state index contributed by atoms with van der Waals surface area (Å²) in [6.07, 6.45) is 13.2. The van der Waals surface area contributed by atoms with Gasteiger partial charge in [0.05, 0.1) is 6.07 Å². The van der Waals surface area contributed by atoms with E-state index < -0.39 is 0 Å². The number of thioether (sulfide) groups is 1. The van der Waals surface area contributed by atoms with Crippen LogP contribution in [0.2, 0.25) is 0 Å². The highest BCUT2D eigenvalue weighted by molar-refractivity contribution is 8.24. The van der Waals surface area contributed by atoms with Gasteiger partial charge in [-0.2, -0.15) is 15.7 Å². The molecule has 0 saturated carbocycles. The molecule has 2 atom stereocenters. The molecule has 0 saturated heterocycles. The van der Waals surface area contributed by atoms with Crippen LogP contribution < -0.4 is 0 Å². The zero-order valence-corrected chi connectivity index (χ0v) is 18.5. The maximum atomic E-state index is 9.40. The monoisotopic (exact) mass is 387 g/mol. The van der Waals surface area contributed by atoms with Crippen LogP contribution in [-0.4, -0.2) is 26.3 Å². The topological polar surface area (TPSA) is 23.8 Å². The summed E-state index contributed by atoms with van der Waals surface area (Å²) >= 11 is 7.13. The van der Waals surface area contributed by atoms with Gasteiger partial charge in [-0.25, -0.2) is 0 Å². The van der Waals surface area contributed by atoms with Crippen molar-refractivity contribution in [2.75, 3.05) is 11.5 Å². The van der Waals surface area contributed by atoms with Gasteiger partial charge in [-0.3, -0.25) is 0 Å². The molecule has 0 aromatic heterocycles. The smallest absolute Gasteiger partial charge is 0.105 e. The summed E-state index contributed by atoms with van der Waals surface area (Å²) in [6, 6.07) is 2.46. The Balaban J connectivity index is 3.72. The molecule has 0 N–H and O–H groups in total. The third kappa shape index (κ3) is 13.4. The van der Waals surface area contributed by atoms with Crippen molar-refractivity contribution >= 4 is 44.5 Å². The van der Waals surface area contributed by atoms with E-state index in [0.717, 1.165) is 29.9 Å². The van der Waals surface area contributed by atoms with Gasteiger partial charge in [0.15, 0.2) is 0 Å². The third-order valence-electron chi connectivity index (χ3n) is 4.18. The van der Waals surface area contributed by atoms with Crippen molar-refractivity contribution in [1.82, 2.24) is 0 Å². The second-order valence-electron chi connectivity index (χ2n) is 6.81. The lowest BCUT2D eigenvalue weighted by Gasteiger charge is -2.20. The SMILES string of the molecule is C=S(CCCCC)CCCCCCC(=S)SC(C)(C#N)CCCC. The van der Waals surface area contributed by atoms with E-state index in [1.54, 1.807) is 11.8 Å². The molecule has 0 heterocycles. The van der Waals surface area contributed by atoms with Gasteiger partial charge >= 0.3 is 0 Å². The van der Waals surface area contributed by atoms with E-state index in [2.05, 4.69) is 25.8 Å². The quantitative estimate of drug-likeness (QED) is 0.216. The number of thiocarbonyl (C=S) groups is 1. The molecule has 0 aromatic carbocycles. The number of nitriles is 1. The molecule has 4 heteroatoms. The lowest BCUT2D eigenvalue weighted by molar-refractivity contribution is 0.646. The summed E-state index contributed by atoms with van der Waals surface area (Å²) < 4.78 is 0.694. The lowest BCUT2D eigenvalue weighted by atomic mass is 10.1. The van der Waals surface area contributed by atoms with Crippen LogP contribution in [0.25, 0.3) is 0 Å². The van der Waals surface area contributed by atoms with Crippen molar-refractivity contribution in [2.45, 2.75) is 96.1 Å². The van der Waals surface area contributed by atoms with Gasteiger partial charge in [-0.05, 0) is 50.5 Å². The average molecular weight is 388 g/mol. The molecule has 0 spiro atoms. The first-order chi connectivity index (χ1) is 11.5. The number of hydrogen-bond acceptors (Lipinski definition) is 3. The van der Waals surface area contributed by atoms with Gasteiger partial charge in [0, 0.05) is 4.20 Å². The molecule has 2 unspecified atom stereocenters. The first-order valence-corrected chi connectivity index (χ1v) is 12.5. The first-order valence-electron chi connectivity index (χ1n) is 9.57. The van der Waals surface area contributed by atoms with E-state index in [1.165, 1.54) is 56.5 Å². The predicted molar refractivity (Wildman–Crippen MR) is 121 cm³/mol. The van der Waals surface area contributed by atoms with Crippen molar-refractivity contribution in [1.29, 1.82) is 5.26 Å². The Labute approximate surface area is 163 Å². The highest BCUT2D eigenvalue weighted by Crippen LogP contribution is 2.32. The Morgan fingerprint density at radius 2 is 1.62 bits per heavy atom. The third-order valence-corrected chi connectivity index (χ3v) is 7.55. The summed E-state index contributed by atoms with van der Waals surface area (Å²) in [6.45, 7) is 6.46. The van der Waals surface area contributed by atoms with E-state index >= 15 is 0 Å². The summed E-state index contributed by atoms with van der Waals surface area (Å²) in [5.41, 5.74) is 0. The number of rotatable bonds is 15. The highest BCUT2D eigenvalue weighted by Gasteiger charge is 2.25. The van der Waals surface area contributed by atoms with Gasteiger partial charge in [0.1, 0.15) is 4.75 Å². The Bertz CT molecular complexity index is 400. The largest absolute Gasteiger partial charge is 0.197 e. The van der Waals surface area contributed by atoms with Gasteiger partial charge in [-0.1, -0.05) is 82.2 Å². The fraction of sp³-hybridized carbons (Fsp3) is 0.850. The first kappa shape index (κ1) is 24.1. The standard InChI is InChI=1S/C20H37NS3/c1-5-7-12-16-24(4)17-13-10-9-11-14-19(22)23-20(3,18-21)15-8-6-2/h4-17H2,1-3H3. The Kier molecular flexibility index (Phi) is 15.5. The van der Waals surface area contributed by atoms with E-state index in [4.69, 9.17) is 12.2 Å². The lowest BCUT2D eigenvalue weighted by Crippen LogP contribution is -2.19. The minimum absolute atomic E-state index is 0.326. The van der Waals surface area contributed by atoms with Crippen molar-refractivity contribution in [3.8, 4) is 6.07 Å². The fourth-order valence-electron chi connectivity index (χ4n) is 2.53. The summed E-state index contributed by atoms with van der Waals surface area (Å²) in [5, 5.41) is 9.40. The van der Waals surface area contributed by atoms with Crippen LogP contribution >= 0.6 is 34.5 Å². The number of hydrogen-bond donors (Lipinski definition) is 0. The Morgan fingerprint density at radius 3 is 2.21 bits per heavy atom. The predicted octanol–water partition coefficient (Wildman–Crippen LogP) is 7.36. The van der Waals surface area contributed by atoms with Crippen molar-refractivity contribution in [2.24, 2.45) is 0 Å². The molecule has 140 valence electrons. The molecule has 0 rings (SSSR count). The van der Waals surface area contributed by atoms with E-state index in [1.807, 2.05) is 6.92 Å². The van der Waals surface area contributed by atoms with Gasteiger partial charge < -0.3 is 0 Å². The van der Waals surface area contributed by atoms with E-state index in [0.29, 0.717) is 10.5 Å². The molecule has 0 radical (unpaired) electrons. The molecule has 0 bridgehead atoms. The van der Waals surface area contributed by atoms with Gasteiger partial charge in [0.2, 0.25) is 0 Å². The molecular formula is C20H37NS3. The van der Waals surface area contributed by atoms with Crippen LogP contribution in [0.15, 0.2) is 0 Å². The summed E-state index contributed by atoms with van der Waals surface area (Å²) in [5.74, 6) is 6.92. The molecule has 0 aliphatic rings. The second-order valence-corrected chi connectivity index (χ2v) is 11.2. The van der Waals surface area contributed by atoms with Crippen molar-refractivity contribution in [3.63, 3.8) is 0 Å². The molecule has 1 nitrogen and oxygen atoms in total.